The minimum absolute atomic E-state index is 0.203. The topological polar surface area (TPSA) is 84.4 Å². The number of rotatable bonds is 5. The number of nitrogens with one attached hydrogen (secondary N) is 1. The molecule has 1 N–H and O–H groups in total. The molecule has 3 aromatic rings. The lowest BCUT2D eigenvalue weighted by Crippen LogP contribution is -2.49. The third-order valence-corrected chi connectivity index (χ3v) is 6.17. The number of amides is 2. The summed E-state index contributed by atoms with van der Waals surface area (Å²) in [4.78, 5) is 27.9. The average molecular weight is 513 g/mol. The first-order valence-corrected chi connectivity index (χ1v) is 12.0. The first kappa shape index (κ1) is 24.9. The van der Waals surface area contributed by atoms with Crippen LogP contribution in [0.5, 0.6) is 0 Å². The van der Waals surface area contributed by atoms with Gasteiger partial charge < -0.3 is 15.0 Å². The lowest BCUT2D eigenvalue weighted by molar-refractivity contribution is -0.134. The zero-order chi connectivity index (χ0) is 25.2. The smallest absolute Gasteiger partial charge is 0.408 e. The Morgan fingerprint density at radius 1 is 1.03 bits per heavy atom. The minimum atomic E-state index is -0.860. The van der Waals surface area contributed by atoms with Gasteiger partial charge in [-0.25, -0.2) is 4.79 Å². The van der Waals surface area contributed by atoms with Gasteiger partial charge in [-0.15, -0.1) is 0 Å². The van der Waals surface area contributed by atoms with Gasteiger partial charge in [-0.3, -0.25) is 4.79 Å². The maximum Gasteiger partial charge on any atom is 0.408 e. The second-order valence-electron chi connectivity index (χ2n) is 9.45. The van der Waals surface area contributed by atoms with Crippen molar-refractivity contribution in [1.82, 2.24) is 20.4 Å². The molecule has 0 saturated heterocycles. The summed E-state index contributed by atoms with van der Waals surface area (Å²) < 4.78 is 5.41. The van der Waals surface area contributed by atoms with Crippen LogP contribution in [0.25, 0.3) is 11.1 Å². The summed E-state index contributed by atoms with van der Waals surface area (Å²) in [5.41, 5.74) is 4.07. The Kier molecular flexibility index (Phi) is 7.28. The van der Waals surface area contributed by atoms with Crippen LogP contribution in [-0.2, 0) is 29.0 Å². The number of ether oxygens (including phenoxy) is 1. The number of hydrogen-bond donors (Lipinski definition) is 1. The van der Waals surface area contributed by atoms with Crippen molar-refractivity contribution >= 4 is 35.2 Å². The molecule has 1 aliphatic rings. The van der Waals surface area contributed by atoms with Crippen molar-refractivity contribution < 1.29 is 14.3 Å². The van der Waals surface area contributed by atoms with Gasteiger partial charge in [0.05, 0.1) is 12.4 Å². The number of carbonyl (C=O) groups is 2. The third-order valence-electron chi connectivity index (χ3n) is 5.59. The molecule has 0 aliphatic carbocycles. The number of nitrogens with zero attached hydrogens (tertiary/aromatic N) is 3. The molecule has 0 bridgehead atoms. The molecule has 182 valence electrons. The first-order valence-electron chi connectivity index (χ1n) is 11.2. The van der Waals surface area contributed by atoms with Crippen molar-refractivity contribution in [1.29, 1.82) is 0 Å². The Balaban J connectivity index is 1.55. The maximum absolute atomic E-state index is 13.6. The minimum Gasteiger partial charge on any atom is -0.444 e. The van der Waals surface area contributed by atoms with Gasteiger partial charge in [-0.2, -0.15) is 10.2 Å². The van der Waals surface area contributed by atoms with Gasteiger partial charge in [0.15, 0.2) is 0 Å². The van der Waals surface area contributed by atoms with E-state index in [1.165, 1.54) is 0 Å². The van der Waals surface area contributed by atoms with Gasteiger partial charge >= 0.3 is 6.09 Å². The SMILES string of the molecule is CC(C)(C)OC(=O)N[C@H](Cc1ccc(Cl)cc1Cl)C(=O)N1Cc2ccc(-c3ccnnc3)cc2C1. The zero-order valence-corrected chi connectivity index (χ0v) is 21.2. The van der Waals surface area contributed by atoms with E-state index in [-0.39, 0.29) is 12.3 Å². The molecule has 2 aromatic carbocycles. The van der Waals surface area contributed by atoms with E-state index in [9.17, 15) is 9.59 Å². The van der Waals surface area contributed by atoms with Crippen molar-refractivity contribution in [3.8, 4) is 11.1 Å². The van der Waals surface area contributed by atoms with Gasteiger partial charge in [0, 0.05) is 35.1 Å². The van der Waals surface area contributed by atoms with Crippen LogP contribution in [0.15, 0.2) is 54.9 Å². The fraction of sp³-hybridized carbons (Fsp3) is 0.308. The molecule has 1 atom stereocenters. The van der Waals surface area contributed by atoms with Gasteiger partial charge in [-0.1, -0.05) is 41.4 Å². The molecule has 0 saturated carbocycles. The highest BCUT2D eigenvalue weighted by atomic mass is 35.5. The Hall–Kier alpha value is -3.16. The van der Waals surface area contributed by atoms with Crippen LogP contribution in [0.4, 0.5) is 4.79 Å². The van der Waals surface area contributed by atoms with Crippen LogP contribution in [-0.4, -0.2) is 38.7 Å². The van der Waals surface area contributed by atoms with E-state index < -0.39 is 17.7 Å². The number of carbonyl (C=O) groups excluding carboxylic acids is 2. The van der Waals surface area contributed by atoms with Crippen LogP contribution in [0.1, 0.15) is 37.5 Å². The number of benzene rings is 2. The molecule has 0 radical (unpaired) electrons. The van der Waals surface area contributed by atoms with Crippen LogP contribution >= 0.6 is 23.2 Å². The van der Waals surface area contributed by atoms with E-state index in [1.54, 1.807) is 56.3 Å². The summed E-state index contributed by atoms with van der Waals surface area (Å²) in [7, 11) is 0. The van der Waals surface area contributed by atoms with Crippen molar-refractivity contribution in [2.45, 2.75) is 51.9 Å². The second-order valence-corrected chi connectivity index (χ2v) is 10.3. The highest BCUT2D eigenvalue weighted by Crippen LogP contribution is 2.29. The summed E-state index contributed by atoms with van der Waals surface area (Å²) in [6.07, 6.45) is 2.89. The van der Waals surface area contributed by atoms with E-state index in [2.05, 4.69) is 21.6 Å². The Labute approximate surface area is 214 Å². The van der Waals surface area contributed by atoms with E-state index >= 15 is 0 Å². The quantitative estimate of drug-likeness (QED) is 0.492. The number of hydrogen-bond acceptors (Lipinski definition) is 5. The number of aromatic nitrogens is 2. The Bertz CT molecular complexity index is 1250. The normalized spacial score (nSPS) is 13.8. The standard InChI is InChI=1S/C26H26Cl2N4O3/c1-26(2,3)35-25(34)31-23(11-17-6-7-21(27)12-22(17)28)24(33)32-14-19-5-4-16(10-20(19)15-32)18-8-9-29-30-13-18/h4-10,12-13,23H,11,14-15H2,1-3H3,(H,31,34)/t23-/m1/s1. The van der Waals surface area contributed by atoms with E-state index in [0.717, 1.165) is 22.3 Å². The molecule has 2 amide bonds. The fourth-order valence-corrected chi connectivity index (χ4v) is 4.45. The molecular formula is C26H26Cl2N4O3. The summed E-state index contributed by atoms with van der Waals surface area (Å²) in [5, 5.41) is 11.4. The lowest BCUT2D eigenvalue weighted by atomic mass is 10.0. The van der Waals surface area contributed by atoms with E-state index in [4.69, 9.17) is 27.9 Å². The third kappa shape index (κ3) is 6.29. The zero-order valence-electron chi connectivity index (χ0n) is 19.7. The molecule has 35 heavy (non-hydrogen) atoms. The average Bonchev–Trinajstić information content (AvgIpc) is 3.22. The van der Waals surface area contributed by atoms with Gasteiger partial charge in [0.1, 0.15) is 11.6 Å². The molecular weight excluding hydrogens is 487 g/mol. The highest BCUT2D eigenvalue weighted by molar-refractivity contribution is 6.35. The Morgan fingerprint density at radius 2 is 1.80 bits per heavy atom. The summed E-state index contributed by atoms with van der Waals surface area (Å²) in [5.74, 6) is -0.217. The Morgan fingerprint density at radius 3 is 2.49 bits per heavy atom. The molecule has 1 aliphatic heterocycles. The van der Waals surface area contributed by atoms with Crippen LogP contribution in [0.2, 0.25) is 10.0 Å². The predicted octanol–water partition coefficient (Wildman–Crippen LogP) is 5.43. The van der Waals surface area contributed by atoms with E-state index in [1.807, 2.05) is 18.2 Å². The molecule has 9 heteroatoms. The monoisotopic (exact) mass is 512 g/mol. The van der Waals surface area contributed by atoms with Crippen molar-refractivity contribution in [2.75, 3.05) is 0 Å². The van der Waals surface area contributed by atoms with Crippen molar-refractivity contribution in [2.24, 2.45) is 0 Å². The van der Waals surface area contributed by atoms with Crippen molar-refractivity contribution in [3.63, 3.8) is 0 Å². The fourth-order valence-electron chi connectivity index (χ4n) is 3.97. The van der Waals surface area contributed by atoms with Gasteiger partial charge in [0.25, 0.3) is 0 Å². The molecule has 0 spiro atoms. The largest absolute Gasteiger partial charge is 0.444 e. The highest BCUT2D eigenvalue weighted by Gasteiger charge is 2.32. The van der Waals surface area contributed by atoms with Crippen LogP contribution < -0.4 is 5.32 Å². The maximum atomic E-state index is 13.6. The second kappa shape index (κ2) is 10.2. The summed E-state index contributed by atoms with van der Waals surface area (Å²) >= 11 is 12.4. The van der Waals surface area contributed by atoms with Crippen molar-refractivity contribution in [3.05, 3.63) is 81.6 Å². The van der Waals surface area contributed by atoms with Gasteiger partial charge in [0.2, 0.25) is 5.91 Å². The summed E-state index contributed by atoms with van der Waals surface area (Å²) in [6.45, 7) is 6.19. The molecule has 1 aromatic heterocycles. The molecule has 2 heterocycles. The molecule has 7 nitrogen and oxygen atoms in total. The van der Waals surface area contributed by atoms with Crippen LogP contribution in [0, 0.1) is 0 Å². The predicted molar refractivity (Wildman–Crippen MR) is 135 cm³/mol. The summed E-state index contributed by atoms with van der Waals surface area (Å²) in [6, 6.07) is 12.2. The number of alkyl carbamates (subject to hydrolysis) is 1. The number of fused-ring (bicyclic) bond motifs is 1. The molecule has 0 unspecified atom stereocenters. The first-order chi connectivity index (χ1) is 16.6. The van der Waals surface area contributed by atoms with E-state index in [0.29, 0.717) is 28.7 Å². The van der Waals surface area contributed by atoms with Crippen LogP contribution in [0.3, 0.4) is 0 Å². The lowest BCUT2D eigenvalue weighted by Gasteiger charge is -2.26. The molecule has 4 rings (SSSR count). The molecule has 0 fully saturated rings. The number of halogens is 2. The van der Waals surface area contributed by atoms with Gasteiger partial charge in [-0.05, 0) is 67.3 Å².